The van der Waals surface area contributed by atoms with Gasteiger partial charge in [0, 0.05) is 24.3 Å². The van der Waals surface area contributed by atoms with Crippen LogP contribution in [0, 0.1) is 10.1 Å². The van der Waals surface area contributed by atoms with Gasteiger partial charge in [-0.3, -0.25) is 10.1 Å². The van der Waals surface area contributed by atoms with Crippen LogP contribution in [-0.2, 0) is 21.0 Å². The van der Waals surface area contributed by atoms with Gasteiger partial charge < -0.3 is 9.47 Å². The highest BCUT2D eigenvalue weighted by Gasteiger charge is 2.35. The van der Waals surface area contributed by atoms with Crippen LogP contribution in [0.1, 0.15) is 15.9 Å². The minimum atomic E-state index is -3.76. The zero-order valence-electron chi connectivity index (χ0n) is 10.7. The lowest BCUT2D eigenvalue weighted by Crippen LogP contribution is -2.13. The normalized spacial score (nSPS) is 13.5. The SMILES string of the molecule is COC(=O)c1cc([N+](=O)[O-])c2c(c1S(C)(=O)=O)CCO2. The van der Waals surface area contributed by atoms with E-state index < -0.39 is 26.4 Å². The Kier molecular flexibility index (Phi) is 3.38. The Morgan fingerprint density at radius 1 is 1.50 bits per heavy atom. The molecule has 8 nitrogen and oxygen atoms in total. The Balaban J connectivity index is 2.89. The van der Waals surface area contributed by atoms with E-state index in [4.69, 9.17) is 4.74 Å². The third kappa shape index (κ3) is 2.20. The predicted molar refractivity (Wildman–Crippen MR) is 66.7 cm³/mol. The molecule has 0 fully saturated rings. The molecule has 0 saturated carbocycles. The first-order chi connectivity index (χ1) is 9.27. The molecule has 1 aliphatic rings. The molecule has 1 heterocycles. The maximum absolute atomic E-state index is 11.9. The maximum atomic E-state index is 11.9. The Labute approximate surface area is 114 Å². The number of esters is 1. The van der Waals surface area contributed by atoms with Crippen molar-refractivity contribution in [3.05, 3.63) is 27.3 Å². The van der Waals surface area contributed by atoms with E-state index in [1.807, 2.05) is 0 Å². The summed E-state index contributed by atoms with van der Waals surface area (Å²) in [4.78, 5) is 21.7. The van der Waals surface area contributed by atoms with Crippen LogP contribution in [0.4, 0.5) is 5.69 Å². The molecule has 1 aromatic rings. The molecular formula is C11H11NO7S. The van der Waals surface area contributed by atoms with Gasteiger partial charge in [-0.05, 0) is 0 Å². The lowest BCUT2D eigenvalue weighted by Gasteiger charge is -2.11. The van der Waals surface area contributed by atoms with Crippen LogP contribution >= 0.6 is 0 Å². The summed E-state index contributed by atoms with van der Waals surface area (Å²) < 4.78 is 33.4. The smallest absolute Gasteiger partial charge is 0.339 e. The summed E-state index contributed by atoms with van der Waals surface area (Å²) in [6.07, 6.45) is 1.11. The van der Waals surface area contributed by atoms with Crippen molar-refractivity contribution in [2.75, 3.05) is 20.0 Å². The van der Waals surface area contributed by atoms with E-state index in [0.717, 1.165) is 19.4 Å². The molecule has 0 atom stereocenters. The Bertz CT molecular complexity index is 708. The fourth-order valence-electron chi connectivity index (χ4n) is 2.15. The summed E-state index contributed by atoms with van der Waals surface area (Å²) in [5.41, 5.74) is -0.627. The zero-order valence-corrected chi connectivity index (χ0v) is 11.5. The van der Waals surface area contributed by atoms with Gasteiger partial charge >= 0.3 is 11.7 Å². The molecule has 0 saturated heterocycles. The first-order valence-corrected chi connectivity index (χ1v) is 7.42. The summed E-state index contributed by atoms with van der Waals surface area (Å²) in [6.45, 7) is 0.128. The van der Waals surface area contributed by atoms with Gasteiger partial charge in [-0.15, -0.1) is 0 Å². The van der Waals surface area contributed by atoms with Gasteiger partial charge in [0.1, 0.15) is 0 Å². The Hall–Kier alpha value is -2.16. The number of sulfone groups is 1. The van der Waals surface area contributed by atoms with Crippen LogP contribution in [0.2, 0.25) is 0 Å². The number of benzene rings is 1. The molecule has 0 N–H and O–H groups in total. The first kappa shape index (κ1) is 14.3. The lowest BCUT2D eigenvalue weighted by molar-refractivity contribution is -0.385. The third-order valence-corrected chi connectivity index (χ3v) is 4.09. The van der Waals surface area contributed by atoms with Gasteiger partial charge in [0.05, 0.1) is 29.1 Å². The molecular weight excluding hydrogens is 290 g/mol. The van der Waals surface area contributed by atoms with Crippen molar-refractivity contribution in [2.45, 2.75) is 11.3 Å². The molecule has 0 bridgehead atoms. The molecule has 0 aliphatic carbocycles. The molecule has 0 spiro atoms. The van der Waals surface area contributed by atoms with Crippen LogP contribution in [0.5, 0.6) is 5.75 Å². The van der Waals surface area contributed by atoms with Crippen LogP contribution < -0.4 is 4.74 Å². The minimum Gasteiger partial charge on any atom is -0.486 e. The lowest BCUT2D eigenvalue weighted by atomic mass is 10.1. The summed E-state index contributed by atoms with van der Waals surface area (Å²) in [7, 11) is -2.69. The number of nitro groups is 1. The standard InChI is InChI=1S/C11H11NO7S/c1-18-11(13)7-5-8(12(14)15)9-6(3-4-19-9)10(7)20(2,16)17/h5H,3-4H2,1-2H3. The first-order valence-electron chi connectivity index (χ1n) is 5.52. The molecule has 0 aromatic heterocycles. The van der Waals surface area contributed by atoms with Crippen molar-refractivity contribution < 1.29 is 27.6 Å². The number of hydrogen-bond donors (Lipinski definition) is 0. The molecule has 0 radical (unpaired) electrons. The Morgan fingerprint density at radius 2 is 2.15 bits per heavy atom. The number of nitro benzene ring substituents is 1. The highest BCUT2D eigenvalue weighted by Crippen LogP contribution is 2.41. The second kappa shape index (κ2) is 4.75. The Morgan fingerprint density at radius 3 is 2.65 bits per heavy atom. The number of fused-ring (bicyclic) bond motifs is 1. The van der Waals surface area contributed by atoms with Crippen LogP contribution in [0.15, 0.2) is 11.0 Å². The quantitative estimate of drug-likeness (QED) is 0.459. The summed E-state index contributed by atoms with van der Waals surface area (Å²) >= 11 is 0. The van der Waals surface area contributed by atoms with Gasteiger partial charge in [0.25, 0.3) is 0 Å². The van der Waals surface area contributed by atoms with Crippen molar-refractivity contribution in [1.82, 2.24) is 0 Å². The fourth-order valence-corrected chi connectivity index (χ4v) is 3.34. The van der Waals surface area contributed by atoms with Gasteiger partial charge in [-0.25, -0.2) is 13.2 Å². The van der Waals surface area contributed by atoms with E-state index in [2.05, 4.69) is 4.74 Å². The van der Waals surface area contributed by atoms with Crippen molar-refractivity contribution in [3.63, 3.8) is 0 Å². The highest BCUT2D eigenvalue weighted by molar-refractivity contribution is 7.90. The number of methoxy groups -OCH3 is 1. The number of carbonyl (C=O) groups excluding carboxylic acids is 1. The molecule has 108 valence electrons. The molecule has 0 unspecified atom stereocenters. The molecule has 2 rings (SSSR count). The van der Waals surface area contributed by atoms with E-state index in [-0.39, 0.29) is 34.8 Å². The summed E-state index contributed by atoms with van der Waals surface area (Å²) in [6, 6.07) is 0.881. The molecule has 1 aliphatic heterocycles. The monoisotopic (exact) mass is 301 g/mol. The highest BCUT2D eigenvalue weighted by atomic mass is 32.2. The van der Waals surface area contributed by atoms with E-state index in [1.165, 1.54) is 0 Å². The molecule has 20 heavy (non-hydrogen) atoms. The second-order valence-corrected chi connectivity index (χ2v) is 6.15. The largest absolute Gasteiger partial charge is 0.486 e. The van der Waals surface area contributed by atoms with Gasteiger partial charge in [-0.1, -0.05) is 0 Å². The predicted octanol–water partition coefficient (Wildman–Crippen LogP) is 0.720. The van der Waals surface area contributed by atoms with Gasteiger partial charge in [0.15, 0.2) is 9.84 Å². The van der Waals surface area contributed by atoms with Gasteiger partial charge in [-0.2, -0.15) is 0 Å². The molecule has 0 amide bonds. The van der Waals surface area contributed by atoms with Crippen molar-refractivity contribution >= 4 is 21.5 Å². The zero-order chi connectivity index (χ0) is 15.1. The van der Waals surface area contributed by atoms with Crippen LogP contribution in [-0.4, -0.2) is 39.3 Å². The van der Waals surface area contributed by atoms with E-state index >= 15 is 0 Å². The summed E-state index contributed by atoms with van der Waals surface area (Å²) in [5, 5.41) is 11.0. The topological polar surface area (TPSA) is 113 Å². The number of nitrogens with zero attached hydrogens (tertiary/aromatic N) is 1. The van der Waals surface area contributed by atoms with Crippen molar-refractivity contribution in [3.8, 4) is 5.75 Å². The second-order valence-electron chi connectivity index (χ2n) is 4.20. The fraction of sp³-hybridized carbons (Fsp3) is 0.364. The van der Waals surface area contributed by atoms with E-state index in [9.17, 15) is 23.3 Å². The average molecular weight is 301 g/mol. The third-order valence-electron chi connectivity index (χ3n) is 2.88. The van der Waals surface area contributed by atoms with Crippen LogP contribution in [0.25, 0.3) is 0 Å². The van der Waals surface area contributed by atoms with E-state index in [0.29, 0.717) is 0 Å². The van der Waals surface area contributed by atoms with Crippen LogP contribution in [0.3, 0.4) is 0 Å². The maximum Gasteiger partial charge on any atom is 0.339 e. The number of rotatable bonds is 3. The number of hydrogen-bond acceptors (Lipinski definition) is 7. The minimum absolute atomic E-state index is 0.0944. The van der Waals surface area contributed by atoms with Gasteiger partial charge in [0.2, 0.25) is 5.75 Å². The van der Waals surface area contributed by atoms with E-state index in [1.54, 1.807) is 0 Å². The van der Waals surface area contributed by atoms with Crippen molar-refractivity contribution in [1.29, 1.82) is 0 Å². The molecule has 1 aromatic carbocycles. The number of carbonyl (C=O) groups is 1. The number of ether oxygens (including phenoxy) is 2. The molecule has 9 heteroatoms. The summed E-state index contributed by atoms with van der Waals surface area (Å²) in [5.74, 6) is -1.04. The average Bonchev–Trinajstić information content (AvgIpc) is 2.82. The van der Waals surface area contributed by atoms with Crippen molar-refractivity contribution in [2.24, 2.45) is 0 Å².